The van der Waals surface area contributed by atoms with E-state index in [1.165, 1.54) is 56.9 Å². The Morgan fingerprint density at radius 3 is 2.23 bits per heavy atom. The topological polar surface area (TPSA) is 125 Å². The maximum Gasteiger partial charge on any atom is 0.328 e. The fraction of sp³-hybridized carbons (Fsp3) is 0.905. The smallest absolute Gasteiger partial charge is 0.328 e. The lowest BCUT2D eigenvalue weighted by molar-refractivity contribution is -0.241. The zero-order chi connectivity index (χ0) is 38.1. The molecule has 0 radical (unpaired) electrons. The summed E-state index contributed by atoms with van der Waals surface area (Å²) in [6.45, 7) is 28.6. The van der Waals surface area contributed by atoms with Crippen molar-refractivity contribution in [1.82, 2.24) is 20.4 Å². The third-order valence-corrected chi connectivity index (χ3v) is 18.9. The number of hydrogen-bond acceptors (Lipinski definition) is 7. The number of nitrogens with one attached hydrogen (secondary N) is 2. The Kier molecular flexibility index (Phi) is 11.0. The number of carbonyl (C=O) groups is 2. The zero-order valence-corrected chi connectivity index (χ0v) is 34.8. The number of rotatable bonds is 11. The van der Waals surface area contributed by atoms with E-state index in [0.717, 1.165) is 52.1 Å². The van der Waals surface area contributed by atoms with Crippen molar-refractivity contribution in [2.24, 2.45) is 51.2 Å². The summed E-state index contributed by atoms with van der Waals surface area (Å²) in [5, 5.41) is 16.3. The molecule has 0 aromatic carbocycles. The summed E-state index contributed by atoms with van der Waals surface area (Å²) in [6, 6.07) is 0. The van der Waals surface area contributed by atoms with Gasteiger partial charge in [0.05, 0.1) is 18.1 Å². The average Bonchev–Trinajstić information content (AvgIpc) is 3.43. The van der Waals surface area contributed by atoms with Crippen LogP contribution in [0.5, 0.6) is 0 Å². The fourth-order valence-corrected chi connectivity index (χ4v) is 15.3. The Labute approximate surface area is 317 Å². The van der Waals surface area contributed by atoms with Crippen molar-refractivity contribution in [3.8, 4) is 0 Å². The summed E-state index contributed by atoms with van der Waals surface area (Å²) in [5.41, 5.74) is 1.03. The van der Waals surface area contributed by atoms with Gasteiger partial charge < -0.3 is 20.6 Å². The van der Waals surface area contributed by atoms with E-state index >= 15 is 0 Å². The number of carboxylic acid groups (broad SMARTS) is 1. The van der Waals surface area contributed by atoms with Crippen LogP contribution in [0, 0.1) is 51.2 Å². The molecule has 2 heterocycles. The highest BCUT2D eigenvalue weighted by Gasteiger charge is 2.70. The lowest BCUT2D eigenvalue weighted by atomic mass is 9.33. The van der Waals surface area contributed by atoms with Crippen LogP contribution < -0.4 is 10.6 Å². The van der Waals surface area contributed by atoms with Gasteiger partial charge in [-0.15, -0.1) is 0 Å². The van der Waals surface area contributed by atoms with Crippen LogP contribution in [0.15, 0.2) is 12.2 Å². The van der Waals surface area contributed by atoms with Gasteiger partial charge in [-0.3, -0.25) is 18.8 Å². The maximum absolute atomic E-state index is 13.2. The first-order valence-electron chi connectivity index (χ1n) is 20.7. The highest BCUT2D eigenvalue weighted by molar-refractivity contribution is 8.24. The number of carbonyl (C=O) groups excluding carboxylic acids is 1. The fourth-order valence-electron chi connectivity index (χ4n) is 14.0. The molecule has 0 aromatic rings. The number of amides is 1. The van der Waals surface area contributed by atoms with Crippen molar-refractivity contribution in [3.05, 3.63) is 12.2 Å². The van der Waals surface area contributed by atoms with Crippen molar-refractivity contribution in [2.45, 2.75) is 131 Å². The van der Waals surface area contributed by atoms with Crippen molar-refractivity contribution < 1.29 is 23.8 Å². The van der Waals surface area contributed by atoms with Crippen molar-refractivity contribution in [2.75, 3.05) is 57.3 Å². The largest absolute Gasteiger partial charge is 0.480 e. The number of nitrogens with zero attached hydrogens (tertiary/aromatic N) is 2. The van der Waals surface area contributed by atoms with Gasteiger partial charge in [0.15, 0.2) is 0 Å². The number of allylic oxidation sites excluding steroid dienone is 1. The summed E-state index contributed by atoms with van der Waals surface area (Å²) < 4.78 is 20.0. The van der Waals surface area contributed by atoms with Crippen molar-refractivity contribution in [3.63, 3.8) is 0 Å². The minimum Gasteiger partial charge on any atom is -0.480 e. The molecular weight excluding hydrogens is 673 g/mol. The molecule has 52 heavy (non-hydrogen) atoms. The summed E-state index contributed by atoms with van der Waals surface area (Å²) in [5.74, 6) is 2.95. The highest BCUT2D eigenvalue weighted by Crippen LogP contribution is 2.76. The summed E-state index contributed by atoms with van der Waals surface area (Å²) in [7, 11) is -2.34. The van der Waals surface area contributed by atoms with Crippen molar-refractivity contribution >= 4 is 22.5 Å². The first-order valence-corrected chi connectivity index (χ1v) is 22.6. The van der Waals surface area contributed by atoms with E-state index in [1.54, 1.807) is 13.8 Å². The molecule has 0 aromatic heterocycles. The molecule has 6 aliphatic rings. The quantitative estimate of drug-likeness (QED) is 0.110. The van der Waals surface area contributed by atoms with Crippen LogP contribution in [0.3, 0.4) is 0 Å². The zero-order valence-electron chi connectivity index (χ0n) is 34.0. The second kappa shape index (κ2) is 14.1. The number of aliphatic carboxylic acids is 1. The Morgan fingerprint density at radius 1 is 0.885 bits per heavy atom. The van der Waals surface area contributed by atoms with Gasteiger partial charge in [0.25, 0.3) is 0 Å². The van der Waals surface area contributed by atoms with E-state index in [1.807, 2.05) is 0 Å². The van der Waals surface area contributed by atoms with E-state index in [4.69, 9.17) is 0 Å². The van der Waals surface area contributed by atoms with Gasteiger partial charge in [0.1, 0.15) is 5.54 Å². The minimum absolute atomic E-state index is 0.155. The van der Waals surface area contributed by atoms with Gasteiger partial charge in [0.2, 0.25) is 5.91 Å². The molecule has 2 saturated heterocycles. The molecule has 9 nitrogen and oxygen atoms in total. The van der Waals surface area contributed by atoms with Crippen LogP contribution in [0.1, 0.15) is 120 Å². The second-order valence-corrected chi connectivity index (χ2v) is 22.9. The molecule has 5 N–H and O–H groups in total. The monoisotopic (exact) mass is 747 g/mol. The molecule has 6 fully saturated rings. The molecule has 10 heteroatoms. The van der Waals surface area contributed by atoms with E-state index < -0.39 is 22.1 Å². The van der Waals surface area contributed by atoms with Crippen LogP contribution in [0.4, 0.5) is 0 Å². The first-order chi connectivity index (χ1) is 24.1. The Morgan fingerprint density at radius 2 is 1.58 bits per heavy atom. The molecule has 9 atom stereocenters. The maximum atomic E-state index is 13.2. The molecule has 0 bridgehead atoms. The molecule has 298 valence electrons. The third kappa shape index (κ3) is 6.84. The molecule has 4 saturated carbocycles. The predicted octanol–water partition coefficient (Wildman–Crippen LogP) is 7.33. The van der Waals surface area contributed by atoms with Gasteiger partial charge in [-0.05, 0) is 170 Å². The highest BCUT2D eigenvalue weighted by atomic mass is 32.3. The van der Waals surface area contributed by atoms with Crippen LogP contribution in [0.2, 0.25) is 0 Å². The normalized spacial score (nSPS) is 42.2. The summed E-state index contributed by atoms with van der Waals surface area (Å²) >= 11 is 0. The Balaban J connectivity index is 1.15. The summed E-state index contributed by atoms with van der Waals surface area (Å²) in [6.07, 6.45) is 12.4. The van der Waals surface area contributed by atoms with Gasteiger partial charge in [-0.25, -0.2) is 4.79 Å². The lowest BCUT2D eigenvalue weighted by Crippen LogP contribution is -2.70. The van der Waals surface area contributed by atoms with Gasteiger partial charge in [-0.2, -0.15) is 10.6 Å². The van der Waals surface area contributed by atoms with Crippen LogP contribution in [0.25, 0.3) is 0 Å². The van der Waals surface area contributed by atoms with Gasteiger partial charge in [-0.1, -0.05) is 32.9 Å². The molecule has 4 aliphatic carbocycles. The van der Waals surface area contributed by atoms with E-state index in [-0.39, 0.29) is 34.2 Å². The number of piperidine rings is 1. The summed E-state index contributed by atoms with van der Waals surface area (Å²) in [4.78, 5) is 29.6. The standard InChI is InChI=1S/C42H74N4O5S/c1-29(2)30-13-16-42(28-43-20-10-21-45-23-25-52(50,51)26-24-45)18-17-40(8)31(35(30)42)11-12-33-39(7)19-22-46(27-34(47)44-37(3,4)36(48)49)38(5,6)32(39)14-15-41(33,40)9/h30-33,35,43,50-51H,1,10-28H2,2-9H3,(H,44,47)(H,48,49)/t30-,31+,32-,33+,35+,39-,40+,41+,42+/m0/s1. The van der Waals surface area contributed by atoms with Crippen LogP contribution in [-0.2, 0) is 9.59 Å². The van der Waals surface area contributed by atoms with Crippen molar-refractivity contribution in [1.29, 1.82) is 0 Å². The third-order valence-electron chi connectivity index (χ3n) is 17.2. The molecular formula is C42H74N4O5S. The Bertz CT molecular complexity index is 1380. The second-order valence-electron chi connectivity index (χ2n) is 20.4. The lowest BCUT2D eigenvalue weighted by Gasteiger charge is -2.73. The molecule has 0 unspecified atom stereocenters. The number of likely N-dealkylation sites (tertiary alicyclic amines) is 1. The first kappa shape index (κ1) is 40.5. The molecule has 1 amide bonds. The molecule has 6 rings (SSSR count). The van der Waals surface area contributed by atoms with Gasteiger partial charge in [0, 0.05) is 25.2 Å². The number of fused-ring (bicyclic) bond motifs is 7. The minimum atomic E-state index is -2.34. The Hall–Kier alpha value is -1.17. The molecule has 0 spiro atoms. The predicted molar refractivity (Wildman–Crippen MR) is 213 cm³/mol. The van der Waals surface area contributed by atoms with E-state index in [9.17, 15) is 23.8 Å². The van der Waals surface area contributed by atoms with Crippen LogP contribution >= 0.6 is 10.6 Å². The van der Waals surface area contributed by atoms with E-state index in [0.29, 0.717) is 46.5 Å². The molecule has 2 aliphatic heterocycles. The van der Waals surface area contributed by atoms with E-state index in [2.05, 4.69) is 68.6 Å². The van der Waals surface area contributed by atoms with Gasteiger partial charge >= 0.3 is 5.97 Å². The average molecular weight is 747 g/mol. The number of hydrogen-bond donors (Lipinski definition) is 5. The SMILES string of the molecule is C=C(C)[C@@H]1CC[C@]2(CNCCCN3CCS(O)(O)CC3)CC[C@]3(C)[C@H](CC[C@@H]4[C@@]5(C)CCN(CC(=O)NC(C)(C)C(=O)O)C(C)(C)[C@@H]5CC[C@]43C)[C@@H]12. The number of carboxylic acids is 1. The van der Waals surface area contributed by atoms with Crippen LogP contribution in [-0.4, -0.2) is 104 Å².